The van der Waals surface area contributed by atoms with Crippen molar-refractivity contribution in [3.63, 3.8) is 0 Å². The lowest BCUT2D eigenvalue weighted by Crippen LogP contribution is -2.44. The van der Waals surface area contributed by atoms with E-state index in [-0.39, 0.29) is 12.7 Å². The van der Waals surface area contributed by atoms with Crippen LogP contribution >= 0.6 is 0 Å². The van der Waals surface area contributed by atoms with Crippen molar-refractivity contribution in [2.45, 2.75) is 32.0 Å². The number of hydrogen-bond donors (Lipinski definition) is 1. The number of carboxylic acids is 1. The van der Waals surface area contributed by atoms with E-state index < -0.39 is 11.6 Å². The van der Waals surface area contributed by atoms with Crippen LogP contribution < -0.4 is 0 Å². The van der Waals surface area contributed by atoms with Gasteiger partial charge in [0.2, 0.25) is 0 Å². The van der Waals surface area contributed by atoms with Crippen molar-refractivity contribution in [1.82, 2.24) is 0 Å². The summed E-state index contributed by atoms with van der Waals surface area (Å²) in [6.07, 6.45) is 0.364. The second-order valence-corrected chi connectivity index (χ2v) is 3.27. The zero-order chi connectivity index (χ0) is 9.19. The highest BCUT2D eigenvalue weighted by Gasteiger charge is 2.44. The molecule has 1 N–H and O–H groups in total. The quantitative estimate of drug-likeness (QED) is 0.682. The molecule has 1 saturated heterocycles. The maximum atomic E-state index is 10.9. The Labute approximate surface area is 71.5 Å². The van der Waals surface area contributed by atoms with E-state index in [1.54, 1.807) is 0 Å². The molecule has 1 heterocycles. The normalized spacial score (nSPS) is 29.6. The van der Waals surface area contributed by atoms with E-state index >= 15 is 0 Å². The molecule has 4 nitrogen and oxygen atoms in total. The molecule has 0 aromatic heterocycles. The van der Waals surface area contributed by atoms with Gasteiger partial charge in [0.05, 0.1) is 19.3 Å². The van der Waals surface area contributed by atoms with E-state index in [4.69, 9.17) is 14.6 Å². The van der Waals surface area contributed by atoms with Gasteiger partial charge in [0, 0.05) is 6.42 Å². The lowest BCUT2D eigenvalue weighted by molar-refractivity contribution is -0.171. The van der Waals surface area contributed by atoms with Crippen molar-refractivity contribution in [2.75, 3.05) is 13.2 Å². The SMILES string of the molecule is CC(C)O[C@]1(C(=O)O)CCOC1. The first kappa shape index (κ1) is 9.48. The van der Waals surface area contributed by atoms with Gasteiger partial charge in [-0.25, -0.2) is 4.79 Å². The maximum absolute atomic E-state index is 10.9. The van der Waals surface area contributed by atoms with Crippen LogP contribution in [0.2, 0.25) is 0 Å². The number of carboxylic acid groups (broad SMARTS) is 1. The smallest absolute Gasteiger partial charge is 0.338 e. The lowest BCUT2D eigenvalue weighted by atomic mass is 10.0. The van der Waals surface area contributed by atoms with Crippen LogP contribution in [0.4, 0.5) is 0 Å². The first-order chi connectivity index (χ1) is 5.57. The number of aliphatic carboxylic acids is 1. The first-order valence-corrected chi connectivity index (χ1v) is 4.06. The van der Waals surface area contributed by atoms with E-state index in [0.717, 1.165) is 0 Å². The molecule has 0 saturated carbocycles. The summed E-state index contributed by atoms with van der Waals surface area (Å²) in [5.74, 6) is -0.922. The third-order valence-corrected chi connectivity index (χ3v) is 1.84. The molecule has 0 aromatic rings. The summed E-state index contributed by atoms with van der Waals surface area (Å²) in [5.41, 5.74) is -1.09. The van der Waals surface area contributed by atoms with Crippen LogP contribution in [0.5, 0.6) is 0 Å². The standard InChI is InChI=1S/C8H14O4/c1-6(2)12-8(7(9)10)3-4-11-5-8/h6H,3-5H2,1-2H3,(H,9,10)/t8-/m1/s1. The summed E-state index contributed by atoms with van der Waals surface area (Å²) in [5, 5.41) is 8.91. The van der Waals surface area contributed by atoms with Gasteiger partial charge in [0.1, 0.15) is 0 Å². The van der Waals surface area contributed by atoms with Gasteiger partial charge in [-0.2, -0.15) is 0 Å². The second kappa shape index (κ2) is 3.41. The minimum atomic E-state index is -1.09. The molecule has 1 aliphatic heterocycles. The molecule has 0 unspecified atom stereocenters. The molecule has 0 radical (unpaired) electrons. The van der Waals surface area contributed by atoms with E-state index in [1.807, 2.05) is 13.8 Å². The fraction of sp³-hybridized carbons (Fsp3) is 0.875. The van der Waals surface area contributed by atoms with E-state index in [2.05, 4.69) is 0 Å². The summed E-state index contributed by atoms with van der Waals surface area (Å²) >= 11 is 0. The molecule has 0 aliphatic carbocycles. The van der Waals surface area contributed by atoms with Crippen molar-refractivity contribution in [1.29, 1.82) is 0 Å². The van der Waals surface area contributed by atoms with Gasteiger partial charge in [-0.05, 0) is 13.8 Å². The predicted octanol–water partition coefficient (Wildman–Crippen LogP) is 0.655. The molecule has 1 atom stereocenters. The molecule has 1 aliphatic rings. The fourth-order valence-corrected chi connectivity index (χ4v) is 1.31. The second-order valence-electron chi connectivity index (χ2n) is 3.27. The van der Waals surface area contributed by atoms with Gasteiger partial charge in [-0.1, -0.05) is 0 Å². The Morgan fingerprint density at radius 3 is 2.67 bits per heavy atom. The van der Waals surface area contributed by atoms with Crippen molar-refractivity contribution in [3.05, 3.63) is 0 Å². The highest BCUT2D eigenvalue weighted by Crippen LogP contribution is 2.24. The average molecular weight is 174 g/mol. The third kappa shape index (κ3) is 1.76. The summed E-state index contributed by atoms with van der Waals surface area (Å²) in [7, 11) is 0. The largest absolute Gasteiger partial charge is 0.479 e. The van der Waals surface area contributed by atoms with Crippen molar-refractivity contribution in [3.8, 4) is 0 Å². The Balaban J connectivity index is 2.65. The van der Waals surface area contributed by atoms with Crippen molar-refractivity contribution in [2.24, 2.45) is 0 Å². The van der Waals surface area contributed by atoms with Crippen molar-refractivity contribution < 1.29 is 19.4 Å². The molecule has 4 heteroatoms. The highest BCUT2D eigenvalue weighted by atomic mass is 16.6. The number of ether oxygens (including phenoxy) is 2. The molecule has 0 spiro atoms. The molecule has 70 valence electrons. The Hall–Kier alpha value is -0.610. The lowest BCUT2D eigenvalue weighted by Gasteiger charge is -2.25. The van der Waals surface area contributed by atoms with Crippen LogP contribution in [0.15, 0.2) is 0 Å². The number of carbonyl (C=O) groups is 1. The van der Waals surface area contributed by atoms with Crippen LogP contribution in [-0.4, -0.2) is 36.0 Å². The van der Waals surface area contributed by atoms with Crippen LogP contribution in [0.25, 0.3) is 0 Å². The Morgan fingerprint density at radius 2 is 2.33 bits per heavy atom. The predicted molar refractivity (Wildman–Crippen MR) is 42.0 cm³/mol. The Bertz CT molecular complexity index is 170. The molecule has 12 heavy (non-hydrogen) atoms. The van der Waals surface area contributed by atoms with Gasteiger partial charge < -0.3 is 14.6 Å². The Morgan fingerprint density at radius 1 is 1.67 bits per heavy atom. The fourth-order valence-electron chi connectivity index (χ4n) is 1.31. The van der Waals surface area contributed by atoms with Gasteiger partial charge in [-0.3, -0.25) is 0 Å². The number of rotatable bonds is 3. The minimum Gasteiger partial charge on any atom is -0.479 e. The summed E-state index contributed by atoms with van der Waals surface area (Å²) in [4.78, 5) is 10.9. The molecule has 0 amide bonds. The molecular weight excluding hydrogens is 160 g/mol. The van der Waals surface area contributed by atoms with Gasteiger partial charge in [-0.15, -0.1) is 0 Å². The third-order valence-electron chi connectivity index (χ3n) is 1.84. The molecule has 0 bridgehead atoms. The summed E-state index contributed by atoms with van der Waals surface area (Å²) < 4.78 is 10.4. The van der Waals surface area contributed by atoms with Crippen molar-refractivity contribution >= 4 is 5.97 Å². The van der Waals surface area contributed by atoms with Crippen LogP contribution in [0, 0.1) is 0 Å². The van der Waals surface area contributed by atoms with Crippen LogP contribution in [-0.2, 0) is 14.3 Å². The summed E-state index contributed by atoms with van der Waals surface area (Å²) in [6.45, 7) is 4.28. The average Bonchev–Trinajstić information content (AvgIpc) is 2.35. The monoisotopic (exact) mass is 174 g/mol. The molecule has 0 aromatic carbocycles. The van der Waals surface area contributed by atoms with Gasteiger partial charge in [0.25, 0.3) is 0 Å². The zero-order valence-electron chi connectivity index (χ0n) is 7.37. The zero-order valence-corrected chi connectivity index (χ0v) is 7.37. The van der Waals surface area contributed by atoms with E-state index in [1.165, 1.54) is 0 Å². The number of hydrogen-bond acceptors (Lipinski definition) is 3. The molecular formula is C8H14O4. The minimum absolute atomic E-state index is 0.0807. The summed E-state index contributed by atoms with van der Waals surface area (Å²) in [6, 6.07) is 0. The van der Waals surface area contributed by atoms with Gasteiger partial charge in [0.15, 0.2) is 5.60 Å². The maximum Gasteiger partial charge on any atom is 0.338 e. The first-order valence-electron chi connectivity index (χ1n) is 4.06. The molecule has 1 fully saturated rings. The Kier molecular flexibility index (Phi) is 2.69. The highest BCUT2D eigenvalue weighted by molar-refractivity contribution is 5.78. The topological polar surface area (TPSA) is 55.8 Å². The van der Waals surface area contributed by atoms with E-state index in [9.17, 15) is 4.79 Å². The van der Waals surface area contributed by atoms with E-state index in [0.29, 0.717) is 13.0 Å². The molecule has 1 rings (SSSR count). The van der Waals surface area contributed by atoms with Crippen LogP contribution in [0.1, 0.15) is 20.3 Å². The van der Waals surface area contributed by atoms with Gasteiger partial charge >= 0.3 is 5.97 Å². The van der Waals surface area contributed by atoms with Crippen LogP contribution in [0.3, 0.4) is 0 Å².